The van der Waals surface area contributed by atoms with Gasteiger partial charge in [-0.05, 0) is 34.6 Å². The molecule has 1 aliphatic carbocycles. The molecule has 24 heavy (non-hydrogen) atoms. The first-order chi connectivity index (χ1) is 11.1. The maximum Gasteiger partial charge on any atom is 0.156 e. The molecule has 1 heterocycles. The summed E-state index contributed by atoms with van der Waals surface area (Å²) < 4.78 is 6.18. The molecule has 4 heteroatoms. The van der Waals surface area contributed by atoms with Crippen molar-refractivity contribution < 1.29 is 9.62 Å². The van der Waals surface area contributed by atoms with E-state index in [0.717, 1.165) is 22.4 Å². The van der Waals surface area contributed by atoms with Crippen LogP contribution in [0.1, 0.15) is 52.7 Å². The van der Waals surface area contributed by atoms with Crippen LogP contribution in [0.15, 0.2) is 39.9 Å². The van der Waals surface area contributed by atoms with Crippen molar-refractivity contribution in [3.8, 4) is 11.5 Å². The topological polar surface area (TPSA) is 58.6 Å². The zero-order chi connectivity index (χ0) is 17.7. The minimum Gasteiger partial charge on any atom is -0.452 e. The fraction of sp³-hybridized carbons (Fsp3) is 0.400. The number of nitrogens with zero attached hydrogens (tertiary/aromatic N) is 2. The van der Waals surface area contributed by atoms with Crippen molar-refractivity contribution in [3.63, 3.8) is 0 Å². The summed E-state index contributed by atoms with van der Waals surface area (Å²) in [5, 5.41) is 12.7. The van der Waals surface area contributed by atoms with E-state index in [9.17, 15) is 0 Å². The maximum absolute atomic E-state index is 8.98. The number of aromatic nitrogens is 1. The highest BCUT2D eigenvalue weighted by Gasteiger charge is 2.25. The van der Waals surface area contributed by atoms with Gasteiger partial charge in [0.25, 0.3) is 0 Å². The molecule has 0 fully saturated rings. The highest BCUT2D eigenvalue weighted by Crippen LogP contribution is 2.36. The first kappa shape index (κ1) is 16.5. The van der Waals surface area contributed by atoms with Gasteiger partial charge in [0.15, 0.2) is 11.3 Å². The first-order valence-corrected chi connectivity index (χ1v) is 8.17. The lowest BCUT2D eigenvalue weighted by Gasteiger charge is -2.26. The molecule has 0 radical (unpaired) electrons. The van der Waals surface area contributed by atoms with Crippen molar-refractivity contribution in [2.24, 2.45) is 5.16 Å². The molecule has 0 saturated heterocycles. The summed E-state index contributed by atoms with van der Waals surface area (Å²) >= 11 is 0. The zero-order valence-corrected chi connectivity index (χ0v) is 15.1. The van der Waals surface area contributed by atoms with Gasteiger partial charge in [0.2, 0.25) is 0 Å². The Balaban J connectivity index is 2.44. The predicted octanol–water partition coefficient (Wildman–Crippen LogP) is 4.82. The van der Waals surface area contributed by atoms with Crippen molar-refractivity contribution in [3.05, 3.63) is 46.8 Å². The SMILES string of the molecule is CC(C)(C)c1cc(C(C)(C)C)c2oc3cc(=NO)ccc-3nc2c1. The van der Waals surface area contributed by atoms with Crippen LogP contribution in [0.3, 0.4) is 0 Å². The molecule has 0 aromatic heterocycles. The molecule has 2 aliphatic rings. The van der Waals surface area contributed by atoms with Gasteiger partial charge >= 0.3 is 0 Å². The van der Waals surface area contributed by atoms with E-state index in [2.05, 4.69) is 58.8 Å². The van der Waals surface area contributed by atoms with E-state index in [1.54, 1.807) is 12.1 Å². The number of rotatable bonds is 0. The van der Waals surface area contributed by atoms with E-state index < -0.39 is 0 Å². The lowest BCUT2D eigenvalue weighted by molar-refractivity contribution is 0.301. The third-order valence-electron chi connectivity index (χ3n) is 4.26. The summed E-state index contributed by atoms with van der Waals surface area (Å²) in [4.78, 5) is 4.78. The molecule has 1 aliphatic heterocycles. The fourth-order valence-electron chi connectivity index (χ4n) is 2.77. The standard InChI is InChI=1S/C20H24N2O2/c1-19(2,3)12-9-14(20(4,5)6)18-16(10-12)21-15-8-7-13(22-23)11-17(15)24-18/h7-11,23H,1-6H3. The Morgan fingerprint density at radius 1 is 0.958 bits per heavy atom. The van der Waals surface area contributed by atoms with Crippen molar-refractivity contribution in [1.29, 1.82) is 0 Å². The molecule has 126 valence electrons. The molecule has 0 unspecified atom stereocenters. The van der Waals surface area contributed by atoms with E-state index in [-0.39, 0.29) is 10.8 Å². The van der Waals surface area contributed by atoms with Crippen LogP contribution < -0.4 is 5.36 Å². The molecule has 1 N–H and O–H groups in total. The minimum absolute atomic E-state index is 0.0322. The monoisotopic (exact) mass is 324 g/mol. The molecule has 1 aromatic rings. The van der Waals surface area contributed by atoms with Crippen molar-refractivity contribution in [2.45, 2.75) is 52.4 Å². The normalized spacial score (nSPS) is 13.8. The van der Waals surface area contributed by atoms with Crippen molar-refractivity contribution in [2.75, 3.05) is 0 Å². The summed E-state index contributed by atoms with van der Waals surface area (Å²) in [5.74, 6) is 0.617. The summed E-state index contributed by atoms with van der Waals surface area (Å²) in [6.45, 7) is 13.1. The first-order valence-electron chi connectivity index (χ1n) is 8.17. The Labute approximate surface area is 142 Å². The zero-order valence-electron chi connectivity index (χ0n) is 15.1. The van der Waals surface area contributed by atoms with E-state index in [1.165, 1.54) is 5.56 Å². The second kappa shape index (κ2) is 5.33. The lowest BCUT2D eigenvalue weighted by Crippen LogP contribution is -2.17. The molecule has 0 saturated carbocycles. The van der Waals surface area contributed by atoms with Crippen LogP contribution in [-0.4, -0.2) is 10.2 Å². The highest BCUT2D eigenvalue weighted by molar-refractivity contribution is 5.81. The Morgan fingerprint density at radius 3 is 2.25 bits per heavy atom. The molecule has 1 aromatic carbocycles. The van der Waals surface area contributed by atoms with Crippen LogP contribution in [0.4, 0.5) is 0 Å². The third kappa shape index (κ3) is 2.88. The van der Waals surface area contributed by atoms with Crippen LogP contribution in [-0.2, 0) is 10.8 Å². The van der Waals surface area contributed by atoms with E-state index in [1.807, 2.05) is 6.07 Å². The quantitative estimate of drug-likeness (QED) is 0.366. The van der Waals surface area contributed by atoms with E-state index in [0.29, 0.717) is 11.1 Å². The Bertz CT molecular complexity index is 941. The minimum atomic E-state index is -0.0721. The lowest BCUT2D eigenvalue weighted by atomic mass is 9.80. The number of hydrogen-bond donors (Lipinski definition) is 1. The Hall–Kier alpha value is -2.36. The summed E-state index contributed by atoms with van der Waals surface area (Å²) in [5.41, 5.74) is 4.73. The van der Waals surface area contributed by atoms with E-state index in [4.69, 9.17) is 14.6 Å². The molecule has 0 spiro atoms. The van der Waals surface area contributed by atoms with Gasteiger partial charge in [0.05, 0.1) is 0 Å². The van der Waals surface area contributed by atoms with Crippen LogP contribution in [0.5, 0.6) is 0 Å². The molecule has 0 amide bonds. The van der Waals surface area contributed by atoms with E-state index >= 15 is 0 Å². The third-order valence-corrected chi connectivity index (χ3v) is 4.26. The fourth-order valence-corrected chi connectivity index (χ4v) is 2.77. The smallest absolute Gasteiger partial charge is 0.156 e. The number of hydrogen-bond acceptors (Lipinski definition) is 4. The van der Waals surface area contributed by atoms with Crippen molar-refractivity contribution >= 4 is 11.1 Å². The van der Waals surface area contributed by atoms with Gasteiger partial charge in [-0.2, -0.15) is 0 Å². The molecule has 3 rings (SSSR count). The second-order valence-electron chi connectivity index (χ2n) is 8.34. The highest BCUT2D eigenvalue weighted by atomic mass is 16.4. The Morgan fingerprint density at radius 2 is 1.67 bits per heavy atom. The predicted molar refractivity (Wildman–Crippen MR) is 95.4 cm³/mol. The maximum atomic E-state index is 8.98. The summed E-state index contributed by atoms with van der Waals surface area (Å²) in [6.07, 6.45) is 0. The average Bonchev–Trinajstić information content (AvgIpc) is 2.49. The van der Waals surface area contributed by atoms with Gasteiger partial charge in [-0.15, -0.1) is 0 Å². The van der Waals surface area contributed by atoms with Crippen LogP contribution >= 0.6 is 0 Å². The van der Waals surface area contributed by atoms with Crippen LogP contribution in [0.2, 0.25) is 0 Å². The van der Waals surface area contributed by atoms with Gasteiger partial charge in [0.1, 0.15) is 16.6 Å². The largest absolute Gasteiger partial charge is 0.452 e. The molecular formula is C20H24N2O2. The van der Waals surface area contributed by atoms with Crippen molar-refractivity contribution in [1.82, 2.24) is 4.98 Å². The second-order valence-corrected chi connectivity index (χ2v) is 8.34. The number of benzene rings is 2. The average molecular weight is 324 g/mol. The molecule has 0 bridgehead atoms. The van der Waals surface area contributed by atoms with Gasteiger partial charge in [-0.25, -0.2) is 4.98 Å². The van der Waals surface area contributed by atoms with Gasteiger partial charge in [-0.1, -0.05) is 52.8 Å². The van der Waals surface area contributed by atoms with Gasteiger partial charge in [-0.3, -0.25) is 0 Å². The molecule has 0 atom stereocenters. The molecule has 4 nitrogen and oxygen atoms in total. The molecular weight excluding hydrogens is 300 g/mol. The summed E-state index contributed by atoms with van der Waals surface area (Å²) in [7, 11) is 0. The van der Waals surface area contributed by atoms with Crippen LogP contribution in [0.25, 0.3) is 22.6 Å². The van der Waals surface area contributed by atoms with Gasteiger partial charge in [0, 0.05) is 11.6 Å². The summed E-state index contributed by atoms with van der Waals surface area (Å²) in [6, 6.07) is 9.56. The number of fused-ring (bicyclic) bond motifs is 2. The van der Waals surface area contributed by atoms with Gasteiger partial charge < -0.3 is 9.62 Å². The Kier molecular flexibility index (Phi) is 3.67. The van der Waals surface area contributed by atoms with Crippen LogP contribution in [0, 0.1) is 0 Å².